The van der Waals surface area contributed by atoms with Gasteiger partial charge in [-0.05, 0) is 0 Å². The Balaban J connectivity index is 0.000000696. The third-order valence-electron chi connectivity index (χ3n) is 4.07. The van der Waals surface area contributed by atoms with Crippen molar-refractivity contribution in [3.8, 4) is 0 Å². The van der Waals surface area contributed by atoms with Crippen molar-refractivity contribution in [2.45, 2.75) is 54.8 Å². The molecule has 0 aromatic rings. The molecule has 9 atom stereocenters. The molecule has 0 amide bonds. The highest BCUT2D eigenvalue weighted by Crippen LogP contribution is 2.35. The monoisotopic (exact) mass is 440 g/mol. The molecule has 2 rings (SSSR count). The lowest BCUT2D eigenvalue weighted by Crippen LogP contribution is -2.62. The quantitative estimate of drug-likeness (QED) is 0.177. The second-order valence-corrected chi connectivity index (χ2v) is 7.10. The minimum atomic E-state index is -4.64. The van der Waals surface area contributed by atoms with E-state index in [1.165, 1.54) is 0 Å². The first kappa shape index (κ1) is 25.7. The molecule has 16 heteroatoms. The summed E-state index contributed by atoms with van der Waals surface area (Å²) in [5, 5.41) is 76.7. The molecule has 168 valence electrons. The molecule has 0 aromatic heterocycles. The molecule has 0 saturated carbocycles. The third-order valence-corrected chi connectivity index (χ3v) is 4.07. The standard InChI is InChI=1S/C12H22O11.H3O4P/c13-1-4-6(16)8(18)9(19)11(21-4)23-12(3-15)10(20)7(17)5(2-14)22-12;1-5(2,3)4/h4-11,13-20H,1-3H2;(H3,1,2,3,4)/t4-,5-,6-,7-,8+,9-,10+,11-,12?;/m1./s1. The van der Waals surface area contributed by atoms with E-state index in [2.05, 4.69) is 0 Å². The summed E-state index contributed by atoms with van der Waals surface area (Å²) >= 11 is 0. The van der Waals surface area contributed by atoms with Crippen molar-refractivity contribution in [3.63, 3.8) is 0 Å². The van der Waals surface area contributed by atoms with Gasteiger partial charge in [0.2, 0.25) is 5.79 Å². The number of ether oxygens (including phenoxy) is 3. The Hall–Kier alpha value is -0.330. The Bertz CT molecular complexity index is 519. The number of rotatable bonds is 5. The molecule has 2 aliphatic heterocycles. The molecule has 0 spiro atoms. The predicted molar refractivity (Wildman–Crippen MR) is 82.9 cm³/mol. The van der Waals surface area contributed by atoms with Gasteiger partial charge in [-0.2, -0.15) is 0 Å². The van der Waals surface area contributed by atoms with Gasteiger partial charge in [-0.1, -0.05) is 0 Å². The van der Waals surface area contributed by atoms with Gasteiger partial charge in [-0.15, -0.1) is 0 Å². The molecule has 2 saturated heterocycles. The van der Waals surface area contributed by atoms with Crippen LogP contribution in [0.4, 0.5) is 0 Å². The average Bonchev–Trinajstić information content (AvgIpc) is 2.86. The fraction of sp³-hybridized carbons (Fsp3) is 1.00. The highest BCUT2D eigenvalue weighted by atomic mass is 31.2. The first-order chi connectivity index (χ1) is 12.8. The van der Waals surface area contributed by atoms with Crippen molar-refractivity contribution in [3.05, 3.63) is 0 Å². The van der Waals surface area contributed by atoms with Crippen LogP contribution in [0.1, 0.15) is 0 Å². The van der Waals surface area contributed by atoms with Crippen molar-refractivity contribution < 1.29 is 74.3 Å². The minimum Gasteiger partial charge on any atom is -0.394 e. The largest absolute Gasteiger partial charge is 0.466 e. The number of phosphoric acid groups is 1. The summed E-state index contributed by atoms with van der Waals surface area (Å²) in [5.41, 5.74) is 0. The van der Waals surface area contributed by atoms with Crippen LogP contribution >= 0.6 is 7.82 Å². The summed E-state index contributed by atoms with van der Waals surface area (Å²) in [6.45, 7) is -2.32. The fourth-order valence-electron chi connectivity index (χ4n) is 2.63. The number of hydrogen-bond acceptors (Lipinski definition) is 12. The van der Waals surface area contributed by atoms with Gasteiger partial charge in [0.15, 0.2) is 6.29 Å². The summed E-state index contributed by atoms with van der Waals surface area (Å²) in [6.07, 6.45) is -12.7. The normalized spacial score (nSPS) is 44.1. The van der Waals surface area contributed by atoms with E-state index in [0.29, 0.717) is 0 Å². The summed E-state index contributed by atoms with van der Waals surface area (Å²) in [6, 6.07) is 0. The van der Waals surface area contributed by atoms with Crippen LogP contribution in [0.3, 0.4) is 0 Å². The van der Waals surface area contributed by atoms with E-state index in [-0.39, 0.29) is 0 Å². The van der Waals surface area contributed by atoms with Gasteiger partial charge >= 0.3 is 7.82 Å². The van der Waals surface area contributed by atoms with Crippen molar-refractivity contribution in [1.82, 2.24) is 0 Å². The molecule has 0 bridgehead atoms. The molecule has 2 fully saturated rings. The van der Waals surface area contributed by atoms with Gasteiger partial charge in [0.25, 0.3) is 0 Å². The zero-order valence-corrected chi connectivity index (χ0v) is 15.1. The Kier molecular flexibility index (Phi) is 9.29. The third kappa shape index (κ3) is 6.09. The SMILES string of the molecule is O=P(O)(O)O.OC[C@H]1OC(CO)(O[C@H]2O[C@H](CO)[C@@H](O)[C@H](O)[C@H]2O)[C@@H](O)[C@@H]1O. The lowest BCUT2D eigenvalue weighted by Gasteiger charge is -2.43. The van der Waals surface area contributed by atoms with Gasteiger partial charge in [0, 0.05) is 0 Å². The molecular formula is C12H25O15P. The van der Waals surface area contributed by atoms with E-state index in [1.54, 1.807) is 0 Å². The van der Waals surface area contributed by atoms with E-state index in [4.69, 9.17) is 43.7 Å². The first-order valence-electron chi connectivity index (χ1n) is 7.83. The minimum absolute atomic E-state index is 0.669. The molecule has 2 heterocycles. The number of aliphatic hydroxyl groups is 8. The molecule has 0 aromatic carbocycles. The Morgan fingerprint density at radius 1 is 0.821 bits per heavy atom. The maximum absolute atomic E-state index is 10.00. The van der Waals surface area contributed by atoms with Crippen LogP contribution in [-0.4, -0.2) is 130 Å². The average molecular weight is 440 g/mol. The molecule has 15 nitrogen and oxygen atoms in total. The van der Waals surface area contributed by atoms with Crippen LogP contribution in [0.15, 0.2) is 0 Å². The van der Waals surface area contributed by atoms with Crippen LogP contribution in [0.2, 0.25) is 0 Å². The van der Waals surface area contributed by atoms with E-state index >= 15 is 0 Å². The van der Waals surface area contributed by atoms with Gasteiger partial charge in [0.05, 0.1) is 13.2 Å². The zero-order chi connectivity index (χ0) is 21.9. The Labute approximate surface area is 157 Å². The summed E-state index contributed by atoms with van der Waals surface area (Å²) in [5.74, 6) is -2.22. The highest BCUT2D eigenvalue weighted by molar-refractivity contribution is 7.45. The van der Waals surface area contributed by atoms with Crippen LogP contribution in [0.5, 0.6) is 0 Å². The van der Waals surface area contributed by atoms with Crippen molar-refractivity contribution in [2.75, 3.05) is 19.8 Å². The van der Waals surface area contributed by atoms with Crippen molar-refractivity contribution in [1.29, 1.82) is 0 Å². The van der Waals surface area contributed by atoms with Crippen LogP contribution in [-0.2, 0) is 18.8 Å². The van der Waals surface area contributed by atoms with Gasteiger partial charge < -0.3 is 69.7 Å². The smallest absolute Gasteiger partial charge is 0.394 e. The molecule has 2 aliphatic rings. The maximum atomic E-state index is 10.00. The fourth-order valence-corrected chi connectivity index (χ4v) is 2.63. The lowest BCUT2D eigenvalue weighted by atomic mass is 9.99. The number of aliphatic hydroxyl groups excluding tert-OH is 8. The van der Waals surface area contributed by atoms with Crippen molar-refractivity contribution in [2.24, 2.45) is 0 Å². The molecule has 28 heavy (non-hydrogen) atoms. The van der Waals surface area contributed by atoms with Crippen LogP contribution in [0.25, 0.3) is 0 Å². The molecule has 1 unspecified atom stereocenters. The predicted octanol–water partition coefficient (Wildman–Crippen LogP) is -6.32. The topological polar surface area (TPSA) is 267 Å². The summed E-state index contributed by atoms with van der Waals surface area (Å²) in [7, 11) is -4.64. The first-order valence-corrected chi connectivity index (χ1v) is 9.40. The molecule has 11 N–H and O–H groups in total. The summed E-state index contributed by atoms with van der Waals surface area (Å²) in [4.78, 5) is 21.6. The molecule has 0 radical (unpaired) electrons. The second kappa shape index (κ2) is 10.1. The van der Waals surface area contributed by atoms with Crippen LogP contribution < -0.4 is 0 Å². The van der Waals surface area contributed by atoms with Gasteiger partial charge in [-0.25, -0.2) is 4.57 Å². The highest BCUT2D eigenvalue weighted by Gasteiger charge is 2.58. The van der Waals surface area contributed by atoms with Gasteiger partial charge in [-0.3, -0.25) is 0 Å². The molecule has 0 aliphatic carbocycles. The zero-order valence-electron chi connectivity index (χ0n) is 14.2. The van der Waals surface area contributed by atoms with Gasteiger partial charge in [0.1, 0.15) is 49.3 Å². The van der Waals surface area contributed by atoms with E-state index in [9.17, 15) is 30.6 Å². The van der Waals surface area contributed by atoms with E-state index in [1.807, 2.05) is 0 Å². The maximum Gasteiger partial charge on any atom is 0.466 e. The van der Waals surface area contributed by atoms with E-state index in [0.717, 1.165) is 0 Å². The van der Waals surface area contributed by atoms with E-state index < -0.39 is 82.4 Å². The summed E-state index contributed by atoms with van der Waals surface area (Å²) < 4.78 is 24.3. The molecular weight excluding hydrogens is 415 g/mol. The lowest BCUT2D eigenvalue weighted by molar-refractivity contribution is -0.383. The van der Waals surface area contributed by atoms with Crippen LogP contribution in [0, 0.1) is 0 Å². The Morgan fingerprint density at radius 3 is 1.71 bits per heavy atom. The van der Waals surface area contributed by atoms with Crippen molar-refractivity contribution >= 4 is 7.82 Å². The second-order valence-electron chi connectivity index (χ2n) is 6.07. The Morgan fingerprint density at radius 2 is 1.32 bits per heavy atom. The number of hydrogen-bond donors (Lipinski definition) is 11.